The number of amides is 2. The average molecular weight is 952 g/mol. The topological polar surface area (TPSA) is 401 Å². The SMILES string of the molecule is CCCCC(C)C(CC(=O)O)C(=O)SCCNC(=O)CCNC(=O)[C@H](O)C(C)(C)COP(=O)(O)OP(=O)(O)OC[C@H]1O[C@@H](n2cnc3c(N)ncnc32)[C@H](O)[C@@H]1OP(=O)(O)O. The zero-order valence-electron chi connectivity index (χ0n) is 33.4. The lowest BCUT2D eigenvalue weighted by Crippen LogP contribution is -2.46. The summed E-state index contributed by atoms with van der Waals surface area (Å²) >= 11 is 0.919. The minimum atomic E-state index is -5.60. The second kappa shape index (κ2) is 22.6. The predicted molar refractivity (Wildman–Crippen MR) is 212 cm³/mol. The van der Waals surface area contributed by atoms with Crippen molar-refractivity contribution >= 4 is 75.1 Å². The Labute approximate surface area is 353 Å². The smallest absolute Gasteiger partial charge is 0.481 e. The van der Waals surface area contributed by atoms with Gasteiger partial charge in [0.05, 0.1) is 26.0 Å². The minimum Gasteiger partial charge on any atom is -0.481 e. The van der Waals surface area contributed by atoms with Crippen molar-refractivity contribution in [2.45, 2.75) is 90.4 Å². The number of hydrogen-bond acceptors (Lipinski definition) is 19. The summed E-state index contributed by atoms with van der Waals surface area (Å²) in [7, 11) is -16.5. The fourth-order valence-electron chi connectivity index (χ4n) is 5.82. The number of aliphatic hydroxyl groups is 2. The molecule has 2 aromatic heterocycles. The molecule has 1 aliphatic rings. The van der Waals surface area contributed by atoms with Crippen molar-refractivity contribution in [3.63, 3.8) is 0 Å². The molecule has 0 aromatic carbocycles. The third kappa shape index (κ3) is 16.3. The second-order valence-corrected chi connectivity index (χ2v) is 19.9. The van der Waals surface area contributed by atoms with Gasteiger partial charge in [-0.25, -0.2) is 28.6 Å². The molecule has 1 aliphatic heterocycles. The lowest BCUT2D eigenvalue weighted by atomic mass is 9.87. The number of aliphatic hydroxyl groups excluding tert-OH is 2. The molecule has 0 aliphatic carbocycles. The van der Waals surface area contributed by atoms with Gasteiger partial charge >= 0.3 is 29.4 Å². The first kappa shape index (κ1) is 52.4. The summed E-state index contributed by atoms with van der Waals surface area (Å²) in [5.74, 6) is -3.26. The third-order valence-corrected chi connectivity index (χ3v) is 13.2. The van der Waals surface area contributed by atoms with Gasteiger partial charge in [0.1, 0.15) is 36.3 Å². The quantitative estimate of drug-likeness (QED) is 0.0455. The molecule has 0 radical (unpaired) electrons. The number of carbonyl (C=O) groups is 4. The lowest BCUT2D eigenvalue weighted by Gasteiger charge is -2.30. The number of carbonyl (C=O) groups excluding carboxylic acids is 3. The maximum absolute atomic E-state index is 12.7. The van der Waals surface area contributed by atoms with Crippen LogP contribution >= 0.6 is 35.2 Å². The Bertz CT molecular complexity index is 1990. The summed E-state index contributed by atoms with van der Waals surface area (Å²) in [6.45, 7) is 4.05. The number of phosphoric acid groups is 3. The Morgan fingerprint density at radius 1 is 1.05 bits per heavy atom. The number of carboxylic acid groups (broad SMARTS) is 1. The van der Waals surface area contributed by atoms with Gasteiger partial charge in [-0.05, 0) is 12.3 Å². The van der Waals surface area contributed by atoms with Gasteiger partial charge in [-0.1, -0.05) is 52.3 Å². The number of unbranched alkanes of at least 4 members (excludes halogenated alkanes) is 1. The summed E-state index contributed by atoms with van der Waals surface area (Å²) < 4.78 is 62.2. The molecule has 30 heteroatoms. The fourth-order valence-corrected chi connectivity index (χ4v) is 9.59. The van der Waals surface area contributed by atoms with Crippen LogP contribution in [-0.2, 0) is 55.5 Å². The average Bonchev–Trinajstić information content (AvgIpc) is 3.72. The van der Waals surface area contributed by atoms with E-state index in [1.165, 1.54) is 13.8 Å². The maximum atomic E-state index is 12.7. The molecule has 3 heterocycles. The number of hydrogen-bond donors (Lipinski definition) is 10. The molecule has 0 saturated carbocycles. The molecular formula is C31H52N7O19P3S. The predicted octanol–water partition coefficient (Wildman–Crippen LogP) is 0.582. The van der Waals surface area contributed by atoms with Crippen molar-refractivity contribution in [3.8, 4) is 0 Å². The molecule has 2 aromatic rings. The monoisotopic (exact) mass is 951 g/mol. The Kier molecular flexibility index (Phi) is 19.4. The summed E-state index contributed by atoms with van der Waals surface area (Å²) in [6, 6.07) is 0. The Morgan fingerprint density at radius 2 is 1.72 bits per heavy atom. The third-order valence-electron chi connectivity index (χ3n) is 9.14. The van der Waals surface area contributed by atoms with Crippen LogP contribution in [-0.4, -0.2) is 134 Å². The second-order valence-electron chi connectivity index (χ2n) is 14.6. The summed E-state index contributed by atoms with van der Waals surface area (Å²) in [5.41, 5.74) is 4.21. The number of fused-ring (bicyclic) bond motifs is 1. The van der Waals surface area contributed by atoms with E-state index in [9.17, 15) is 67.8 Å². The molecule has 1 saturated heterocycles. The molecule has 9 atom stereocenters. The zero-order chi connectivity index (χ0) is 45.9. The standard InChI is InChI=1S/C31H52N7O19P3S/c1-5-6-7-17(2)18(12-21(40)41)30(45)61-11-10-33-20(39)8-9-34-28(44)25(43)31(3,4)14-54-60(51,52)57-59(49,50)53-13-19-24(56-58(46,47)48)23(42)29(55-19)38-16-37-22-26(32)35-15-36-27(22)38/h15-19,23-25,29,42-43H,5-14H2,1-4H3,(H,33,39)(H,34,44)(H,40,41)(H,49,50)(H,51,52)(H2,32,35,36)(H2,46,47,48)/t17?,18?,19-,23-,24-,25+,29-/m1/s1. The van der Waals surface area contributed by atoms with Gasteiger partial charge in [-0.2, -0.15) is 4.31 Å². The number of carboxylic acids is 1. The number of phosphoric ester groups is 3. The maximum Gasteiger partial charge on any atom is 0.481 e. The number of thioether (sulfide) groups is 1. The molecule has 2 amide bonds. The fraction of sp³-hybridized carbons (Fsp3) is 0.710. The van der Waals surface area contributed by atoms with Crippen LogP contribution in [0.5, 0.6) is 0 Å². The highest BCUT2D eigenvalue weighted by molar-refractivity contribution is 8.13. The van der Waals surface area contributed by atoms with Gasteiger partial charge in [0, 0.05) is 36.6 Å². The van der Waals surface area contributed by atoms with Gasteiger partial charge < -0.3 is 56.0 Å². The van der Waals surface area contributed by atoms with Crippen LogP contribution in [0.25, 0.3) is 11.2 Å². The number of anilines is 1. The van der Waals surface area contributed by atoms with Gasteiger partial charge in [-0.15, -0.1) is 0 Å². The lowest BCUT2D eigenvalue weighted by molar-refractivity contribution is -0.140. The van der Waals surface area contributed by atoms with E-state index in [0.29, 0.717) is 6.42 Å². The van der Waals surface area contributed by atoms with Crippen LogP contribution in [0.15, 0.2) is 12.7 Å². The van der Waals surface area contributed by atoms with E-state index in [1.807, 2.05) is 13.8 Å². The van der Waals surface area contributed by atoms with E-state index in [0.717, 1.165) is 41.8 Å². The molecule has 0 bridgehead atoms. The minimum absolute atomic E-state index is 0.0203. The van der Waals surface area contributed by atoms with E-state index >= 15 is 0 Å². The first-order valence-corrected chi connectivity index (χ1v) is 24.1. The Balaban J connectivity index is 1.46. The molecule has 1 fully saturated rings. The first-order chi connectivity index (χ1) is 28.3. The summed E-state index contributed by atoms with van der Waals surface area (Å²) in [5, 5.41) is 35.3. The van der Waals surface area contributed by atoms with Gasteiger partial charge in [0.15, 0.2) is 22.8 Å². The molecule has 0 spiro atoms. The van der Waals surface area contributed by atoms with E-state index in [4.69, 9.17) is 19.5 Å². The number of aromatic nitrogens is 4. The number of ether oxygens (including phenoxy) is 1. The Morgan fingerprint density at radius 3 is 2.36 bits per heavy atom. The number of rotatable bonds is 26. The molecule has 3 rings (SSSR count). The number of nitrogens with zero attached hydrogens (tertiary/aromatic N) is 4. The summed E-state index contributed by atoms with van der Waals surface area (Å²) in [6.07, 6.45) is -4.92. The molecular weight excluding hydrogens is 899 g/mol. The number of aliphatic carboxylic acids is 1. The van der Waals surface area contributed by atoms with E-state index in [-0.39, 0.29) is 59.7 Å². The van der Waals surface area contributed by atoms with E-state index in [2.05, 4.69) is 34.4 Å². The number of nitrogen functional groups attached to an aromatic ring is 1. The van der Waals surface area contributed by atoms with Crippen molar-refractivity contribution in [2.24, 2.45) is 17.3 Å². The van der Waals surface area contributed by atoms with Crippen LogP contribution in [0.2, 0.25) is 0 Å². The van der Waals surface area contributed by atoms with Crippen LogP contribution < -0.4 is 16.4 Å². The molecule has 346 valence electrons. The van der Waals surface area contributed by atoms with Crippen molar-refractivity contribution < 1.29 is 90.4 Å². The largest absolute Gasteiger partial charge is 0.481 e. The highest BCUT2D eigenvalue weighted by atomic mass is 32.2. The van der Waals surface area contributed by atoms with E-state index < -0.39 is 96.4 Å². The van der Waals surface area contributed by atoms with Gasteiger partial charge in [0.25, 0.3) is 0 Å². The van der Waals surface area contributed by atoms with Crippen LogP contribution in [0.3, 0.4) is 0 Å². The van der Waals surface area contributed by atoms with Crippen molar-refractivity contribution in [2.75, 3.05) is 37.8 Å². The molecule has 11 N–H and O–H groups in total. The van der Waals surface area contributed by atoms with Crippen LogP contribution in [0, 0.1) is 17.3 Å². The van der Waals surface area contributed by atoms with Crippen molar-refractivity contribution in [3.05, 3.63) is 12.7 Å². The van der Waals surface area contributed by atoms with Gasteiger partial charge in [0.2, 0.25) is 11.8 Å². The van der Waals surface area contributed by atoms with Gasteiger partial charge in [-0.3, -0.25) is 37.3 Å². The van der Waals surface area contributed by atoms with E-state index in [1.54, 1.807) is 0 Å². The highest BCUT2D eigenvalue weighted by Gasteiger charge is 2.50. The summed E-state index contributed by atoms with van der Waals surface area (Å²) in [4.78, 5) is 99.9. The number of nitrogens with two attached hydrogens (primary N) is 1. The number of imidazole rings is 1. The molecule has 4 unspecified atom stereocenters. The Hall–Kier alpha value is -2.97. The molecule has 26 nitrogen and oxygen atoms in total. The first-order valence-electron chi connectivity index (χ1n) is 18.5. The molecule has 61 heavy (non-hydrogen) atoms. The van der Waals surface area contributed by atoms with Crippen molar-refractivity contribution in [1.82, 2.24) is 30.2 Å². The van der Waals surface area contributed by atoms with Crippen LogP contribution in [0.4, 0.5) is 5.82 Å². The zero-order valence-corrected chi connectivity index (χ0v) is 36.9. The number of nitrogens with one attached hydrogen (secondary N) is 2. The van der Waals surface area contributed by atoms with Crippen molar-refractivity contribution in [1.29, 1.82) is 0 Å². The highest BCUT2D eigenvalue weighted by Crippen LogP contribution is 2.61. The van der Waals surface area contributed by atoms with Crippen LogP contribution in [0.1, 0.15) is 66.0 Å². The normalized spacial score (nSPS) is 21.9.